The topological polar surface area (TPSA) is 9.23 Å². The van der Waals surface area contributed by atoms with E-state index in [1.54, 1.807) is 6.26 Å². The van der Waals surface area contributed by atoms with Crippen LogP contribution >= 0.6 is 0 Å². The Morgan fingerprint density at radius 3 is 2.29 bits per heavy atom. The predicted octanol–water partition coefficient (Wildman–Crippen LogP) is 3.95. The average Bonchev–Trinajstić information content (AvgIpc) is 3.07. The summed E-state index contributed by atoms with van der Waals surface area (Å²) in [4.78, 5) is 0. The van der Waals surface area contributed by atoms with Crippen molar-refractivity contribution in [1.82, 2.24) is 0 Å². The minimum atomic E-state index is 0. The molecular formula is C15H14FeO. The molecule has 17 heavy (non-hydrogen) atoms. The van der Waals surface area contributed by atoms with Gasteiger partial charge in [-0.25, -0.2) is 24.3 Å². The molecule has 0 saturated heterocycles. The molecule has 1 heterocycles. The molecule has 0 aromatic heterocycles. The van der Waals surface area contributed by atoms with Gasteiger partial charge in [0, 0.05) is 0 Å². The van der Waals surface area contributed by atoms with E-state index in [-0.39, 0.29) is 23.2 Å². The molecule has 0 saturated carbocycles. The molecule has 3 rings (SSSR count). The fraction of sp³-hybridized carbons (Fsp3) is 0.0667. The molecule has 88 valence electrons. The van der Waals surface area contributed by atoms with E-state index >= 15 is 0 Å². The average molecular weight is 266 g/mol. The van der Waals surface area contributed by atoms with E-state index in [1.807, 2.05) is 60.7 Å². The van der Waals surface area contributed by atoms with Crippen LogP contribution in [-0.4, -0.2) is 0 Å². The van der Waals surface area contributed by atoms with Crippen LogP contribution in [-0.2, 0) is 21.8 Å². The molecule has 1 nitrogen and oxygen atoms in total. The maximum atomic E-state index is 5.35. The zero-order valence-electron chi connectivity index (χ0n) is 9.34. The van der Waals surface area contributed by atoms with Gasteiger partial charge in [0.1, 0.15) is 6.10 Å². The third kappa shape index (κ3) is 4.47. The van der Waals surface area contributed by atoms with Crippen LogP contribution in [0.3, 0.4) is 0 Å². The molecule has 0 aliphatic carbocycles. The first-order valence-corrected chi connectivity index (χ1v) is 5.34. The standard InChI is InChI=1S/C10H9O.C5H5.Fe/c1-2-6-9(5-1)10-7-3-4-8-11-10;1-2-4-5-3-1;/h1-8,10H;1-5H;/q2*-1;+2. The zero-order chi connectivity index (χ0) is 11.1. The first-order chi connectivity index (χ1) is 7.97. The van der Waals surface area contributed by atoms with Crippen LogP contribution in [0.25, 0.3) is 0 Å². The van der Waals surface area contributed by atoms with E-state index in [1.165, 1.54) is 5.56 Å². The fourth-order valence-corrected chi connectivity index (χ4v) is 1.47. The molecule has 0 spiro atoms. The van der Waals surface area contributed by atoms with Crippen LogP contribution in [0.4, 0.5) is 0 Å². The van der Waals surface area contributed by atoms with Crippen molar-refractivity contribution in [1.29, 1.82) is 0 Å². The molecule has 2 aromatic rings. The van der Waals surface area contributed by atoms with Gasteiger partial charge < -0.3 is 4.74 Å². The van der Waals surface area contributed by atoms with E-state index in [2.05, 4.69) is 12.1 Å². The minimum Gasteiger partial charge on any atom is -0.491 e. The summed E-state index contributed by atoms with van der Waals surface area (Å²) in [6.07, 6.45) is 7.77. The van der Waals surface area contributed by atoms with Crippen molar-refractivity contribution in [3.63, 3.8) is 0 Å². The summed E-state index contributed by atoms with van der Waals surface area (Å²) in [7, 11) is 0. The Morgan fingerprint density at radius 2 is 1.82 bits per heavy atom. The molecule has 1 aliphatic heterocycles. The molecule has 0 fully saturated rings. The maximum Gasteiger partial charge on any atom is 2.00 e. The third-order valence-electron chi connectivity index (χ3n) is 2.27. The summed E-state index contributed by atoms with van der Waals surface area (Å²) in [6.45, 7) is 0. The molecule has 2 aromatic carbocycles. The summed E-state index contributed by atoms with van der Waals surface area (Å²) in [5.74, 6) is 0. The van der Waals surface area contributed by atoms with Crippen molar-refractivity contribution >= 4 is 0 Å². The van der Waals surface area contributed by atoms with Crippen molar-refractivity contribution in [3.8, 4) is 0 Å². The number of ether oxygens (including phenoxy) is 1. The maximum absolute atomic E-state index is 5.35. The second-order valence-electron chi connectivity index (χ2n) is 3.45. The summed E-state index contributed by atoms with van der Waals surface area (Å²) in [6, 6.07) is 18.2. The van der Waals surface area contributed by atoms with Crippen LogP contribution in [0.15, 0.2) is 79.1 Å². The molecule has 0 amide bonds. The van der Waals surface area contributed by atoms with E-state index < -0.39 is 0 Å². The van der Waals surface area contributed by atoms with Crippen molar-refractivity contribution in [3.05, 3.63) is 84.7 Å². The van der Waals surface area contributed by atoms with E-state index in [0.717, 1.165) is 0 Å². The van der Waals surface area contributed by atoms with Crippen LogP contribution in [0.5, 0.6) is 0 Å². The van der Waals surface area contributed by atoms with Crippen LogP contribution in [0.2, 0.25) is 0 Å². The van der Waals surface area contributed by atoms with Gasteiger partial charge in [0.25, 0.3) is 0 Å². The van der Waals surface area contributed by atoms with Crippen molar-refractivity contribution in [2.75, 3.05) is 0 Å². The van der Waals surface area contributed by atoms with Gasteiger partial charge in [0.15, 0.2) is 0 Å². The van der Waals surface area contributed by atoms with Gasteiger partial charge in [-0.1, -0.05) is 6.08 Å². The molecular weight excluding hydrogens is 252 g/mol. The van der Waals surface area contributed by atoms with Crippen LogP contribution in [0, 0.1) is 0 Å². The Balaban J connectivity index is 0.000000205. The second kappa shape index (κ2) is 7.72. The van der Waals surface area contributed by atoms with Gasteiger partial charge in [0.2, 0.25) is 0 Å². The second-order valence-corrected chi connectivity index (χ2v) is 3.45. The first-order valence-electron chi connectivity index (χ1n) is 5.34. The predicted molar refractivity (Wildman–Crippen MR) is 66.2 cm³/mol. The monoisotopic (exact) mass is 266 g/mol. The van der Waals surface area contributed by atoms with Crippen molar-refractivity contribution in [2.24, 2.45) is 0 Å². The first kappa shape index (κ1) is 13.6. The van der Waals surface area contributed by atoms with Gasteiger partial charge in [-0.2, -0.15) is 30.3 Å². The zero-order valence-corrected chi connectivity index (χ0v) is 10.4. The van der Waals surface area contributed by atoms with Gasteiger partial charge >= 0.3 is 17.1 Å². The number of rotatable bonds is 1. The third-order valence-corrected chi connectivity index (χ3v) is 2.27. The summed E-state index contributed by atoms with van der Waals surface area (Å²) in [5.41, 5.74) is 1.21. The summed E-state index contributed by atoms with van der Waals surface area (Å²) < 4.78 is 5.35. The molecule has 0 radical (unpaired) electrons. The Hall–Kier alpha value is -1.50. The van der Waals surface area contributed by atoms with Gasteiger partial charge in [0.05, 0.1) is 6.26 Å². The Kier molecular flexibility index (Phi) is 6.16. The van der Waals surface area contributed by atoms with E-state index in [9.17, 15) is 0 Å². The van der Waals surface area contributed by atoms with Gasteiger partial charge in [-0.3, -0.25) is 0 Å². The molecule has 0 bridgehead atoms. The number of hydrogen-bond donors (Lipinski definition) is 0. The van der Waals surface area contributed by atoms with E-state index in [0.29, 0.717) is 0 Å². The number of allylic oxidation sites excluding steroid dienone is 2. The largest absolute Gasteiger partial charge is 2.00 e. The van der Waals surface area contributed by atoms with Crippen LogP contribution in [0.1, 0.15) is 11.7 Å². The Labute approximate surface area is 113 Å². The van der Waals surface area contributed by atoms with Crippen molar-refractivity contribution < 1.29 is 21.8 Å². The summed E-state index contributed by atoms with van der Waals surface area (Å²) >= 11 is 0. The van der Waals surface area contributed by atoms with E-state index in [4.69, 9.17) is 4.74 Å². The minimum absolute atomic E-state index is 0. The quantitative estimate of drug-likeness (QED) is 0.561. The Bertz CT molecular complexity index is 406. The Morgan fingerprint density at radius 1 is 1.00 bits per heavy atom. The fourth-order valence-electron chi connectivity index (χ4n) is 1.47. The molecule has 0 N–H and O–H groups in total. The SMILES string of the molecule is C1=COC(c2ccc[cH-]2)C=C1.[Fe+2].c1cc[cH-]c1. The van der Waals surface area contributed by atoms with Gasteiger partial charge in [-0.05, 0) is 12.2 Å². The summed E-state index contributed by atoms with van der Waals surface area (Å²) in [5, 5.41) is 0. The smallest absolute Gasteiger partial charge is 0.491 e. The van der Waals surface area contributed by atoms with Crippen molar-refractivity contribution in [2.45, 2.75) is 6.10 Å². The molecule has 1 aliphatic rings. The molecule has 2 heteroatoms. The normalized spacial score (nSPS) is 16.4. The number of hydrogen-bond acceptors (Lipinski definition) is 1. The van der Waals surface area contributed by atoms with Gasteiger partial charge in [-0.15, -0.1) is 5.56 Å². The molecule has 1 atom stereocenters. The van der Waals surface area contributed by atoms with Crippen LogP contribution < -0.4 is 0 Å². The molecule has 1 unspecified atom stereocenters.